The number of anilines is 2. The minimum Gasteiger partial charge on any atom is -0.378 e. The zero-order chi connectivity index (χ0) is 13.1. The fourth-order valence-corrected chi connectivity index (χ4v) is 2.87. The quantitative estimate of drug-likeness (QED) is 0.812. The lowest BCUT2D eigenvalue weighted by atomic mass is 10.1. The molecule has 0 aromatic heterocycles. The van der Waals surface area contributed by atoms with Gasteiger partial charge in [-0.3, -0.25) is 0 Å². The van der Waals surface area contributed by atoms with Gasteiger partial charge in [-0.05, 0) is 31.0 Å². The Morgan fingerprint density at radius 1 is 1.00 bits per heavy atom. The summed E-state index contributed by atoms with van der Waals surface area (Å²) >= 11 is 0. The predicted molar refractivity (Wildman–Crippen MR) is 75.6 cm³/mol. The Bertz CT molecular complexity index is 483. The first-order valence-corrected chi connectivity index (χ1v) is 7.00. The number of nitrogens with zero attached hydrogens (tertiary/aromatic N) is 3. The molecule has 1 aromatic carbocycles. The Morgan fingerprint density at radius 2 is 1.74 bits per heavy atom. The van der Waals surface area contributed by atoms with E-state index in [0.29, 0.717) is 0 Å². The number of hydrogen-bond donors (Lipinski definition) is 0. The molecule has 2 aliphatic rings. The van der Waals surface area contributed by atoms with E-state index in [1.807, 2.05) is 6.07 Å². The summed E-state index contributed by atoms with van der Waals surface area (Å²) in [6, 6.07) is 8.63. The molecule has 0 saturated carbocycles. The number of benzene rings is 1. The van der Waals surface area contributed by atoms with Crippen LogP contribution in [0.25, 0.3) is 0 Å². The number of nitriles is 1. The van der Waals surface area contributed by atoms with E-state index in [1.165, 1.54) is 18.5 Å². The van der Waals surface area contributed by atoms with Gasteiger partial charge in [0.05, 0.1) is 24.5 Å². The first kappa shape index (κ1) is 12.3. The smallest absolute Gasteiger partial charge is 0.101 e. The molecule has 0 unspecified atom stereocenters. The zero-order valence-corrected chi connectivity index (χ0v) is 11.1. The van der Waals surface area contributed by atoms with Crippen LogP contribution < -0.4 is 9.80 Å². The van der Waals surface area contributed by atoms with Gasteiger partial charge in [0.2, 0.25) is 0 Å². The monoisotopic (exact) mass is 257 g/mol. The van der Waals surface area contributed by atoms with Crippen molar-refractivity contribution in [3.8, 4) is 6.07 Å². The van der Waals surface area contributed by atoms with Crippen LogP contribution in [0.2, 0.25) is 0 Å². The largest absolute Gasteiger partial charge is 0.378 e. The summed E-state index contributed by atoms with van der Waals surface area (Å²) in [6.07, 6.45) is 2.51. The molecule has 2 saturated heterocycles. The van der Waals surface area contributed by atoms with Crippen molar-refractivity contribution in [2.45, 2.75) is 12.8 Å². The Labute approximate surface area is 114 Å². The highest BCUT2D eigenvalue weighted by Gasteiger charge is 2.18. The van der Waals surface area contributed by atoms with Crippen LogP contribution in [0.5, 0.6) is 0 Å². The first-order chi connectivity index (χ1) is 9.38. The standard InChI is InChI=1S/C15H19N3O/c16-12-13-11-14(17-5-1-2-6-17)3-4-15(13)18-7-9-19-10-8-18/h3-4,11H,1-2,5-10H2. The van der Waals surface area contributed by atoms with E-state index in [9.17, 15) is 5.26 Å². The SMILES string of the molecule is N#Cc1cc(N2CCCC2)ccc1N1CCOCC1. The van der Waals surface area contributed by atoms with Gasteiger partial charge in [0, 0.05) is 31.9 Å². The molecule has 2 aliphatic heterocycles. The average molecular weight is 257 g/mol. The van der Waals surface area contributed by atoms with Crippen LogP contribution in [-0.2, 0) is 4.74 Å². The molecule has 2 fully saturated rings. The van der Waals surface area contributed by atoms with Crippen molar-refractivity contribution in [3.63, 3.8) is 0 Å². The molecule has 0 aliphatic carbocycles. The second kappa shape index (κ2) is 5.50. The Kier molecular flexibility index (Phi) is 3.56. The Morgan fingerprint density at radius 3 is 2.42 bits per heavy atom. The maximum absolute atomic E-state index is 9.39. The molecule has 0 amide bonds. The minimum atomic E-state index is 0.749. The lowest BCUT2D eigenvalue weighted by molar-refractivity contribution is 0.122. The van der Waals surface area contributed by atoms with E-state index in [-0.39, 0.29) is 0 Å². The maximum Gasteiger partial charge on any atom is 0.101 e. The molecule has 0 radical (unpaired) electrons. The third kappa shape index (κ3) is 2.52. The topological polar surface area (TPSA) is 39.5 Å². The summed E-state index contributed by atoms with van der Waals surface area (Å²) in [6.45, 7) is 5.47. The molecule has 4 nitrogen and oxygen atoms in total. The van der Waals surface area contributed by atoms with Crippen molar-refractivity contribution in [2.75, 3.05) is 49.2 Å². The number of rotatable bonds is 2. The molecule has 100 valence electrons. The Balaban J connectivity index is 1.86. The van der Waals surface area contributed by atoms with E-state index in [1.54, 1.807) is 0 Å². The van der Waals surface area contributed by atoms with Gasteiger partial charge < -0.3 is 14.5 Å². The summed E-state index contributed by atoms with van der Waals surface area (Å²) in [5, 5.41) is 9.39. The van der Waals surface area contributed by atoms with Gasteiger partial charge in [-0.1, -0.05) is 0 Å². The van der Waals surface area contributed by atoms with E-state index in [0.717, 1.165) is 50.6 Å². The van der Waals surface area contributed by atoms with E-state index in [4.69, 9.17) is 4.74 Å². The van der Waals surface area contributed by atoms with E-state index >= 15 is 0 Å². The highest BCUT2D eigenvalue weighted by atomic mass is 16.5. The number of ether oxygens (including phenoxy) is 1. The fourth-order valence-electron chi connectivity index (χ4n) is 2.87. The maximum atomic E-state index is 9.39. The van der Waals surface area contributed by atoms with Gasteiger partial charge in [-0.15, -0.1) is 0 Å². The van der Waals surface area contributed by atoms with Crippen molar-refractivity contribution in [3.05, 3.63) is 23.8 Å². The van der Waals surface area contributed by atoms with Crippen molar-refractivity contribution in [2.24, 2.45) is 0 Å². The van der Waals surface area contributed by atoms with Gasteiger partial charge in [0.15, 0.2) is 0 Å². The van der Waals surface area contributed by atoms with Gasteiger partial charge in [0.1, 0.15) is 6.07 Å². The van der Waals surface area contributed by atoms with E-state index in [2.05, 4.69) is 28.0 Å². The van der Waals surface area contributed by atoms with Crippen molar-refractivity contribution in [1.29, 1.82) is 5.26 Å². The summed E-state index contributed by atoms with van der Waals surface area (Å²) in [5.41, 5.74) is 3.02. The third-order valence-corrected chi connectivity index (χ3v) is 3.92. The Hall–Kier alpha value is -1.73. The predicted octanol–water partition coefficient (Wildman–Crippen LogP) is 2.00. The summed E-state index contributed by atoms with van der Waals surface area (Å²) in [5.74, 6) is 0. The molecule has 0 atom stereocenters. The molecule has 4 heteroatoms. The molecule has 2 heterocycles. The lowest BCUT2D eigenvalue weighted by Gasteiger charge is -2.30. The highest BCUT2D eigenvalue weighted by Crippen LogP contribution is 2.28. The lowest BCUT2D eigenvalue weighted by Crippen LogP contribution is -2.36. The molecule has 0 bridgehead atoms. The van der Waals surface area contributed by atoms with Gasteiger partial charge in [-0.25, -0.2) is 0 Å². The molecule has 0 N–H and O–H groups in total. The highest BCUT2D eigenvalue weighted by molar-refractivity contribution is 5.66. The fraction of sp³-hybridized carbons (Fsp3) is 0.533. The molecule has 1 aromatic rings. The van der Waals surface area contributed by atoms with Gasteiger partial charge in [-0.2, -0.15) is 5.26 Å². The van der Waals surface area contributed by atoms with Crippen molar-refractivity contribution in [1.82, 2.24) is 0 Å². The van der Waals surface area contributed by atoms with Crippen LogP contribution in [-0.4, -0.2) is 39.4 Å². The van der Waals surface area contributed by atoms with Crippen LogP contribution in [0.3, 0.4) is 0 Å². The van der Waals surface area contributed by atoms with Crippen LogP contribution in [0.1, 0.15) is 18.4 Å². The second-order valence-corrected chi connectivity index (χ2v) is 5.11. The second-order valence-electron chi connectivity index (χ2n) is 5.11. The van der Waals surface area contributed by atoms with Crippen LogP contribution >= 0.6 is 0 Å². The van der Waals surface area contributed by atoms with Crippen molar-refractivity contribution < 1.29 is 4.74 Å². The number of hydrogen-bond acceptors (Lipinski definition) is 4. The molecular formula is C15H19N3O. The van der Waals surface area contributed by atoms with Gasteiger partial charge >= 0.3 is 0 Å². The van der Waals surface area contributed by atoms with Crippen LogP contribution in [0.15, 0.2) is 18.2 Å². The van der Waals surface area contributed by atoms with Crippen molar-refractivity contribution >= 4 is 11.4 Å². The zero-order valence-electron chi connectivity index (χ0n) is 11.1. The summed E-state index contributed by atoms with van der Waals surface area (Å²) in [7, 11) is 0. The first-order valence-electron chi connectivity index (χ1n) is 7.00. The average Bonchev–Trinajstić information content (AvgIpc) is 3.02. The summed E-state index contributed by atoms with van der Waals surface area (Å²) in [4.78, 5) is 4.61. The van der Waals surface area contributed by atoms with E-state index < -0.39 is 0 Å². The minimum absolute atomic E-state index is 0.749. The summed E-state index contributed by atoms with van der Waals surface area (Å²) < 4.78 is 5.37. The molecular weight excluding hydrogens is 238 g/mol. The van der Waals surface area contributed by atoms with Crippen LogP contribution in [0.4, 0.5) is 11.4 Å². The van der Waals surface area contributed by atoms with Crippen LogP contribution in [0, 0.1) is 11.3 Å². The number of morpholine rings is 1. The molecule has 19 heavy (non-hydrogen) atoms. The molecule has 3 rings (SSSR count). The normalized spacial score (nSPS) is 19.5. The molecule has 0 spiro atoms. The van der Waals surface area contributed by atoms with Gasteiger partial charge in [0.25, 0.3) is 0 Å². The third-order valence-electron chi connectivity index (χ3n) is 3.92.